The summed E-state index contributed by atoms with van der Waals surface area (Å²) in [5, 5.41) is 0. The number of rotatable bonds is 2. The highest BCUT2D eigenvalue weighted by Gasteiger charge is 2.24. The summed E-state index contributed by atoms with van der Waals surface area (Å²) >= 11 is 0. The fourth-order valence-corrected chi connectivity index (χ4v) is 5.49. The molecule has 4 heterocycles. The van der Waals surface area contributed by atoms with E-state index in [2.05, 4.69) is 95.8 Å². The lowest BCUT2D eigenvalue weighted by Gasteiger charge is -2.38. The van der Waals surface area contributed by atoms with Crippen LogP contribution >= 0.6 is 0 Å². The maximum atomic E-state index is 5.25. The lowest BCUT2D eigenvalue weighted by Crippen LogP contribution is -2.47. The first-order valence-corrected chi connectivity index (χ1v) is 16.2. The second kappa shape index (κ2) is 18.3. The SMILES string of the molecule is CC(C)(C)N1CCCC1.CC(C)(C)N1CCCCC1.CC(C)(C)N1CCOCC1.CC(C)CN1CCOCC1. The van der Waals surface area contributed by atoms with Crippen molar-refractivity contribution in [3.05, 3.63) is 0 Å². The normalized spacial score (nSPS) is 22.8. The Bertz CT molecular complexity index is 554. The summed E-state index contributed by atoms with van der Waals surface area (Å²) in [6, 6.07) is 0. The van der Waals surface area contributed by atoms with Gasteiger partial charge in [0.1, 0.15) is 0 Å². The molecule has 4 fully saturated rings. The first kappa shape index (κ1) is 36.8. The molecule has 0 spiro atoms. The maximum Gasteiger partial charge on any atom is 0.0594 e. The van der Waals surface area contributed by atoms with E-state index in [1.54, 1.807) is 0 Å². The summed E-state index contributed by atoms with van der Waals surface area (Å²) in [7, 11) is 0. The number of hydrogen-bond donors (Lipinski definition) is 0. The first-order valence-electron chi connectivity index (χ1n) is 16.2. The van der Waals surface area contributed by atoms with E-state index < -0.39 is 0 Å². The van der Waals surface area contributed by atoms with Crippen molar-refractivity contribution in [2.45, 2.75) is 125 Å². The third-order valence-corrected chi connectivity index (χ3v) is 8.05. The Morgan fingerprint density at radius 2 is 0.769 bits per heavy atom. The number of hydrogen-bond acceptors (Lipinski definition) is 6. The lowest BCUT2D eigenvalue weighted by molar-refractivity contribution is -0.00389. The van der Waals surface area contributed by atoms with E-state index in [1.807, 2.05) is 0 Å². The van der Waals surface area contributed by atoms with Gasteiger partial charge in [-0.1, -0.05) is 20.3 Å². The molecule has 6 heteroatoms. The maximum absolute atomic E-state index is 5.25. The van der Waals surface area contributed by atoms with E-state index >= 15 is 0 Å². The van der Waals surface area contributed by atoms with Gasteiger partial charge in [0.2, 0.25) is 0 Å². The minimum Gasteiger partial charge on any atom is -0.379 e. The average molecular weight is 555 g/mol. The molecule has 0 atom stereocenters. The van der Waals surface area contributed by atoms with Crippen LogP contribution in [0.5, 0.6) is 0 Å². The van der Waals surface area contributed by atoms with Gasteiger partial charge < -0.3 is 9.47 Å². The Hall–Kier alpha value is -0.240. The van der Waals surface area contributed by atoms with Gasteiger partial charge in [-0.25, -0.2) is 0 Å². The van der Waals surface area contributed by atoms with Gasteiger partial charge in [-0.05, 0) is 120 Å². The Labute approximate surface area is 245 Å². The number of ether oxygens (including phenoxy) is 2. The second-order valence-corrected chi connectivity index (χ2v) is 15.2. The minimum absolute atomic E-state index is 0.323. The van der Waals surface area contributed by atoms with Crippen molar-refractivity contribution in [1.82, 2.24) is 19.6 Å². The Morgan fingerprint density at radius 3 is 1.05 bits per heavy atom. The molecular weight excluding hydrogens is 484 g/mol. The van der Waals surface area contributed by atoms with Crippen LogP contribution in [0.2, 0.25) is 0 Å². The van der Waals surface area contributed by atoms with Crippen LogP contribution in [0.3, 0.4) is 0 Å². The molecule has 4 saturated heterocycles. The van der Waals surface area contributed by atoms with Gasteiger partial charge in [-0.15, -0.1) is 0 Å². The third-order valence-electron chi connectivity index (χ3n) is 8.05. The average Bonchev–Trinajstić information content (AvgIpc) is 3.42. The van der Waals surface area contributed by atoms with Gasteiger partial charge in [0.05, 0.1) is 26.4 Å². The summed E-state index contributed by atoms with van der Waals surface area (Å²) in [5.41, 5.74) is 1.14. The fraction of sp³-hybridized carbons (Fsp3) is 1.00. The quantitative estimate of drug-likeness (QED) is 0.401. The Kier molecular flexibility index (Phi) is 17.3. The summed E-state index contributed by atoms with van der Waals surface area (Å²) in [6.45, 7) is 39.6. The van der Waals surface area contributed by atoms with E-state index in [0.717, 1.165) is 58.5 Å². The fourth-order valence-electron chi connectivity index (χ4n) is 5.49. The number of piperidine rings is 1. The van der Waals surface area contributed by atoms with Crippen LogP contribution in [0.4, 0.5) is 0 Å². The van der Waals surface area contributed by atoms with Gasteiger partial charge in [-0.2, -0.15) is 0 Å². The lowest BCUT2D eigenvalue weighted by atomic mass is 10.0. The first-order chi connectivity index (χ1) is 18.1. The Balaban J connectivity index is 0.000000260. The van der Waals surface area contributed by atoms with Crippen molar-refractivity contribution in [3.8, 4) is 0 Å². The standard InChI is InChI=1S/C9H19N.2C8H17NO.C8H17N/c1-9(2,3)10-7-5-4-6-8-10;1-8(2,3)9-4-6-10-7-5-9;1-8(2)7-9-3-5-10-6-4-9;1-8(2,3)9-6-4-5-7-9/h4-8H2,1-3H3;4-7H2,1-3H3;8H,3-7H2,1-2H3;4-7H2,1-3H3. The zero-order valence-electron chi connectivity index (χ0n) is 28.4. The van der Waals surface area contributed by atoms with Crippen LogP contribution < -0.4 is 0 Å². The molecule has 0 bridgehead atoms. The summed E-state index contributed by atoms with van der Waals surface area (Å²) < 4.78 is 10.5. The van der Waals surface area contributed by atoms with Gasteiger partial charge in [0.15, 0.2) is 0 Å². The molecule has 4 rings (SSSR count). The minimum atomic E-state index is 0.323. The summed E-state index contributed by atoms with van der Waals surface area (Å²) in [6.07, 6.45) is 7.04. The predicted molar refractivity (Wildman–Crippen MR) is 170 cm³/mol. The molecule has 6 nitrogen and oxygen atoms in total. The van der Waals surface area contributed by atoms with Crippen molar-refractivity contribution in [1.29, 1.82) is 0 Å². The van der Waals surface area contributed by atoms with Crippen LogP contribution in [0.25, 0.3) is 0 Å². The smallest absolute Gasteiger partial charge is 0.0594 e. The number of nitrogens with zero attached hydrogens (tertiary/aromatic N) is 4. The van der Waals surface area contributed by atoms with Crippen LogP contribution in [-0.2, 0) is 9.47 Å². The van der Waals surface area contributed by atoms with Crippen LogP contribution in [-0.4, -0.2) is 122 Å². The van der Waals surface area contributed by atoms with Crippen molar-refractivity contribution < 1.29 is 9.47 Å². The zero-order valence-corrected chi connectivity index (χ0v) is 28.4. The molecule has 0 aliphatic carbocycles. The Morgan fingerprint density at radius 1 is 0.462 bits per heavy atom. The molecule has 39 heavy (non-hydrogen) atoms. The largest absolute Gasteiger partial charge is 0.379 e. The van der Waals surface area contributed by atoms with Gasteiger partial charge in [0, 0.05) is 49.3 Å². The second-order valence-electron chi connectivity index (χ2n) is 15.2. The molecule has 4 aliphatic heterocycles. The van der Waals surface area contributed by atoms with E-state index in [1.165, 1.54) is 64.8 Å². The van der Waals surface area contributed by atoms with Crippen LogP contribution in [0, 0.1) is 5.92 Å². The number of likely N-dealkylation sites (tertiary alicyclic amines) is 2. The molecule has 0 aromatic rings. The molecule has 0 amide bonds. The molecule has 234 valence electrons. The molecule has 0 aromatic carbocycles. The third kappa shape index (κ3) is 17.3. The van der Waals surface area contributed by atoms with Crippen molar-refractivity contribution in [2.75, 3.05) is 85.3 Å². The van der Waals surface area contributed by atoms with E-state index in [-0.39, 0.29) is 0 Å². The van der Waals surface area contributed by atoms with Crippen molar-refractivity contribution >= 4 is 0 Å². The predicted octanol–water partition coefficient (Wildman–Crippen LogP) is 6.24. The highest BCUT2D eigenvalue weighted by Crippen LogP contribution is 2.20. The van der Waals surface area contributed by atoms with E-state index in [0.29, 0.717) is 16.6 Å². The summed E-state index contributed by atoms with van der Waals surface area (Å²) in [5.74, 6) is 0.790. The molecule has 0 unspecified atom stereocenters. The molecular formula is C33H70N4O2. The van der Waals surface area contributed by atoms with Gasteiger partial charge in [-0.3, -0.25) is 19.6 Å². The molecule has 0 aromatic heterocycles. The molecule has 0 saturated carbocycles. The van der Waals surface area contributed by atoms with E-state index in [4.69, 9.17) is 9.47 Å². The van der Waals surface area contributed by atoms with Crippen molar-refractivity contribution in [2.24, 2.45) is 5.92 Å². The van der Waals surface area contributed by atoms with Crippen LogP contribution in [0.1, 0.15) is 108 Å². The monoisotopic (exact) mass is 555 g/mol. The zero-order chi connectivity index (χ0) is 29.5. The highest BCUT2D eigenvalue weighted by molar-refractivity contribution is 4.80. The number of morpholine rings is 2. The van der Waals surface area contributed by atoms with Crippen molar-refractivity contribution in [3.63, 3.8) is 0 Å². The van der Waals surface area contributed by atoms with E-state index in [9.17, 15) is 0 Å². The molecule has 4 aliphatic rings. The molecule has 0 N–H and O–H groups in total. The molecule has 0 radical (unpaired) electrons. The van der Waals surface area contributed by atoms with Gasteiger partial charge >= 0.3 is 0 Å². The summed E-state index contributed by atoms with van der Waals surface area (Å²) in [4.78, 5) is 10.0. The topological polar surface area (TPSA) is 31.4 Å². The highest BCUT2D eigenvalue weighted by atomic mass is 16.5. The van der Waals surface area contributed by atoms with Gasteiger partial charge in [0.25, 0.3) is 0 Å². The van der Waals surface area contributed by atoms with Crippen LogP contribution in [0.15, 0.2) is 0 Å².